The summed E-state index contributed by atoms with van der Waals surface area (Å²) in [6.07, 6.45) is 3.24. The van der Waals surface area contributed by atoms with Crippen molar-refractivity contribution in [1.29, 1.82) is 0 Å². The standard InChI is InChI=1S/C40H30N3O.C18H24NSi.Ir/c1-40(2,3)28-21-24-35(32(25-28)26-13-6-4-7-14-26)43-36-20-11-10-19-34(36)41-38(43)31-18-12-17-29-30-22-23-33(27-15-8-5-9-16-27)42-39(30)44-37(29)31;1-14(2)11-16-12-17(15-9-7-6-8-10-15)19-13-18(16)20(3,4)5;/h4-17,19-25H,1-3H3;6-9,12-14H,11H2,1-5H3;/q2*-1;. The van der Waals surface area contributed by atoms with Crippen LogP contribution in [0.2, 0.25) is 19.6 Å². The van der Waals surface area contributed by atoms with Crippen LogP contribution in [0.1, 0.15) is 45.7 Å². The quantitative estimate of drug-likeness (QED) is 0.112. The largest absolute Gasteiger partial charge is 0.486 e. The van der Waals surface area contributed by atoms with Crippen LogP contribution in [-0.4, -0.2) is 27.6 Å². The summed E-state index contributed by atoms with van der Waals surface area (Å²) in [5.41, 5.74) is 14.2. The molecule has 1 radical (unpaired) electrons. The Morgan fingerprint density at radius 1 is 0.677 bits per heavy atom. The molecule has 0 bridgehead atoms. The van der Waals surface area contributed by atoms with Crippen LogP contribution >= 0.6 is 0 Å². The van der Waals surface area contributed by atoms with E-state index in [1.54, 1.807) is 0 Å². The van der Waals surface area contributed by atoms with Crippen LogP contribution < -0.4 is 5.19 Å². The van der Waals surface area contributed by atoms with E-state index in [4.69, 9.17) is 14.4 Å². The van der Waals surface area contributed by atoms with Crippen LogP contribution in [0.15, 0.2) is 168 Å². The second kappa shape index (κ2) is 18.7. The second-order valence-electron chi connectivity index (χ2n) is 19.1. The Kier molecular flexibility index (Phi) is 13.0. The number of aromatic nitrogens is 4. The van der Waals surface area contributed by atoms with Gasteiger partial charge in [-0.15, -0.1) is 54.1 Å². The van der Waals surface area contributed by atoms with E-state index in [1.165, 1.54) is 16.3 Å². The maximum Gasteiger partial charge on any atom is 0.216 e. The van der Waals surface area contributed by atoms with Crippen molar-refractivity contribution < 1.29 is 24.5 Å². The molecule has 0 aliphatic carbocycles. The minimum Gasteiger partial charge on any atom is -0.486 e. The number of fused-ring (bicyclic) bond motifs is 4. The van der Waals surface area contributed by atoms with Gasteiger partial charge in [-0.05, 0) is 76.2 Å². The van der Waals surface area contributed by atoms with Crippen LogP contribution in [0.25, 0.3) is 83.8 Å². The van der Waals surface area contributed by atoms with Crippen molar-refractivity contribution in [1.82, 2.24) is 19.5 Å². The Labute approximate surface area is 398 Å². The molecule has 0 amide bonds. The molecular weight excluding hydrogens is 989 g/mol. The number of hydrogen-bond acceptors (Lipinski definition) is 4. The number of benzene rings is 6. The van der Waals surface area contributed by atoms with Crippen molar-refractivity contribution in [2.75, 3.05) is 0 Å². The van der Waals surface area contributed by atoms with E-state index >= 15 is 0 Å². The molecule has 5 nitrogen and oxygen atoms in total. The molecule has 0 N–H and O–H groups in total. The smallest absolute Gasteiger partial charge is 0.216 e. The maximum atomic E-state index is 6.57. The summed E-state index contributed by atoms with van der Waals surface area (Å²) in [7, 11) is -1.34. The first-order valence-electron chi connectivity index (χ1n) is 22.3. The average molecular weight is 1040 g/mol. The third-order valence-corrected chi connectivity index (χ3v) is 13.8. The molecule has 327 valence electrons. The van der Waals surface area contributed by atoms with Gasteiger partial charge in [0.1, 0.15) is 0 Å². The minimum atomic E-state index is -1.34. The van der Waals surface area contributed by atoms with E-state index in [2.05, 4.69) is 191 Å². The number of para-hydroxylation sites is 2. The van der Waals surface area contributed by atoms with E-state index in [0.29, 0.717) is 11.6 Å². The van der Waals surface area contributed by atoms with Crippen LogP contribution in [-0.2, 0) is 31.9 Å². The third kappa shape index (κ3) is 9.46. The molecule has 7 heteroatoms. The van der Waals surface area contributed by atoms with Gasteiger partial charge in [-0.3, -0.25) is 4.98 Å². The van der Waals surface area contributed by atoms with E-state index < -0.39 is 8.07 Å². The number of pyridine rings is 2. The van der Waals surface area contributed by atoms with Gasteiger partial charge >= 0.3 is 0 Å². The molecule has 4 aromatic heterocycles. The van der Waals surface area contributed by atoms with Gasteiger partial charge in [0.2, 0.25) is 5.71 Å². The first kappa shape index (κ1) is 45.3. The summed E-state index contributed by atoms with van der Waals surface area (Å²) in [5, 5.41) is 3.45. The Morgan fingerprint density at radius 3 is 2.08 bits per heavy atom. The molecule has 0 saturated heterocycles. The number of furan rings is 1. The van der Waals surface area contributed by atoms with Crippen molar-refractivity contribution in [3.8, 4) is 50.7 Å². The Hall–Kier alpha value is -6.24. The first-order chi connectivity index (χ1) is 30.8. The van der Waals surface area contributed by atoms with Gasteiger partial charge in [0.05, 0.1) is 36.2 Å². The minimum absolute atomic E-state index is 0. The van der Waals surface area contributed by atoms with Crippen molar-refractivity contribution in [3.05, 3.63) is 187 Å². The van der Waals surface area contributed by atoms with Gasteiger partial charge in [0, 0.05) is 48.5 Å². The maximum absolute atomic E-state index is 6.57. The molecule has 0 fully saturated rings. The van der Waals surface area contributed by atoms with Gasteiger partial charge in [-0.25, -0.2) is 4.98 Å². The SMILES string of the molecule is CC(C)(C)c1ccc(-n2c(-c3[c-]ccc4c3oc3nc(-c5ccccc5)ccc34)nc3ccccc32)c(-c2ccccc2)c1.CC(C)Cc1cc(-c2[c-]cccc2)ncc1[Si](C)(C)C.[Ir]. The molecule has 65 heavy (non-hydrogen) atoms. The molecule has 0 saturated carbocycles. The van der Waals surface area contributed by atoms with Crippen LogP contribution in [0.3, 0.4) is 0 Å². The van der Waals surface area contributed by atoms with Crippen molar-refractivity contribution >= 4 is 46.4 Å². The fourth-order valence-electron chi connectivity index (χ4n) is 8.52. The van der Waals surface area contributed by atoms with E-state index in [1.807, 2.05) is 48.5 Å². The number of hydrogen-bond donors (Lipinski definition) is 0. The van der Waals surface area contributed by atoms with Crippen LogP contribution in [0.4, 0.5) is 0 Å². The fourth-order valence-corrected chi connectivity index (χ4v) is 10.1. The molecule has 10 aromatic rings. The van der Waals surface area contributed by atoms with Crippen molar-refractivity contribution in [2.45, 2.75) is 66.1 Å². The van der Waals surface area contributed by atoms with Gasteiger partial charge in [-0.1, -0.05) is 156 Å². The predicted molar refractivity (Wildman–Crippen MR) is 270 cm³/mol. The van der Waals surface area contributed by atoms with Crippen LogP contribution in [0.5, 0.6) is 0 Å². The Morgan fingerprint density at radius 2 is 1.38 bits per heavy atom. The van der Waals surface area contributed by atoms with E-state index in [-0.39, 0.29) is 25.5 Å². The average Bonchev–Trinajstić information content (AvgIpc) is 3.87. The molecule has 0 spiro atoms. The van der Waals surface area contributed by atoms with Crippen molar-refractivity contribution in [3.63, 3.8) is 0 Å². The molecular formula is C58H54IrN4OSi-2. The second-order valence-corrected chi connectivity index (χ2v) is 24.1. The zero-order valence-corrected chi connectivity index (χ0v) is 41.8. The molecule has 0 aliphatic rings. The fraction of sp³-hybridized carbons (Fsp3) is 0.190. The predicted octanol–water partition coefficient (Wildman–Crippen LogP) is 14.7. The Bertz CT molecular complexity index is 3230. The molecule has 10 rings (SSSR count). The summed E-state index contributed by atoms with van der Waals surface area (Å²) in [6, 6.07) is 61.1. The summed E-state index contributed by atoms with van der Waals surface area (Å²) in [5.74, 6) is 1.44. The third-order valence-electron chi connectivity index (χ3n) is 11.8. The molecule has 0 atom stereocenters. The number of imidazole rings is 1. The normalized spacial score (nSPS) is 11.8. The summed E-state index contributed by atoms with van der Waals surface area (Å²) >= 11 is 0. The zero-order chi connectivity index (χ0) is 44.6. The molecule has 6 aromatic carbocycles. The molecule has 0 aliphatic heterocycles. The van der Waals surface area contributed by atoms with Crippen molar-refractivity contribution in [2.24, 2.45) is 5.92 Å². The van der Waals surface area contributed by atoms with Gasteiger partial charge in [0.15, 0.2) is 0 Å². The number of rotatable bonds is 8. The van der Waals surface area contributed by atoms with Gasteiger partial charge in [0.25, 0.3) is 0 Å². The number of nitrogens with zero attached hydrogens (tertiary/aromatic N) is 4. The summed E-state index contributed by atoms with van der Waals surface area (Å²) < 4.78 is 8.83. The molecule has 4 heterocycles. The Balaban J connectivity index is 0.000000232. The van der Waals surface area contributed by atoms with Gasteiger partial charge in [-0.2, -0.15) is 0 Å². The zero-order valence-electron chi connectivity index (χ0n) is 38.4. The summed E-state index contributed by atoms with van der Waals surface area (Å²) in [6.45, 7) is 18.5. The molecule has 0 unspecified atom stereocenters. The van der Waals surface area contributed by atoms with Crippen LogP contribution in [0, 0.1) is 18.1 Å². The van der Waals surface area contributed by atoms with E-state index in [9.17, 15) is 0 Å². The monoisotopic (exact) mass is 1040 g/mol. The van der Waals surface area contributed by atoms with E-state index in [0.717, 1.165) is 84.5 Å². The first-order valence-corrected chi connectivity index (χ1v) is 25.8. The summed E-state index contributed by atoms with van der Waals surface area (Å²) in [4.78, 5) is 14.8. The van der Waals surface area contributed by atoms with Gasteiger partial charge < -0.3 is 14.0 Å². The topological polar surface area (TPSA) is 56.7 Å².